The third kappa shape index (κ3) is 8.55. The molecule has 1 atom stereocenters. The number of ether oxygens (including phenoxy) is 4. The fraction of sp³-hybridized carbons (Fsp3) is 0.667. The van der Waals surface area contributed by atoms with E-state index in [1.165, 1.54) is 0 Å². The van der Waals surface area contributed by atoms with Crippen LogP contribution in [-0.2, 0) is 16.0 Å². The minimum atomic E-state index is 0. The first-order valence-corrected chi connectivity index (χ1v) is 10.1. The SMILES string of the molecule is CCNC(=NCc1ccc(OCC)c(OC)c1)N1CCC(COCCOC)C1.I. The first kappa shape index (κ1) is 25.8. The molecule has 1 aliphatic rings. The van der Waals surface area contributed by atoms with Gasteiger partial charge in [0.05, 0.1) is 40.1 Å². The molecule has 1 saturated heterocycles. The average molecular weight is 521 g/mol. The maximum atomic E-state index is 5.69. The molecule has 1 heterocycles. The van der Waals surface area contributed by atoms with Gasteiger partial charge in [-0.1, -0.05) is 6.07 Å². The third-order valence-electron chi connectivity index (χ3n) is 4.64. The van der Waals surface area contributed by atoms with Crippen LogP contribution < -0.4 is 14.8 Å². The number of hydrogen-bond acceptors (Lipinski definition) is 5. The highest BCUT2D eigenvalue weighted by molar-refractivity contribution is 14.0. The van der Waals surface area contributed by atoms with Gasteiger partial charge in [0, 0.05) is 32.7 Å². The van der Waals surface area contributed by atoms with Gasteiger partial charge < -0.3 is 29.2 Å². The summed E-state index contributed by atoms with van der Waals surface area (Å²) < 4.78 is 21.7. The van der Waals surface area contributed by atoms with Crippen LogP contribution in [0.25, 0.3) is 0 Å². The van der Waals surface area contributed by atoms with Gasteiger partial charge in [-0.05, 0) is 38.0 Å². The average Bonchev–Trinajstić information content (AvgIpc) is 3.18. The van der Waals surface area contributed by atoms with E-state index in [0.29, 0.717) is 32.3 Å². The predicted molar refractivity (Wildman–Crippen MR) is 127 cm³/mol. The Kier molecular flexibility index (Phi) is 13.0. The molecule has 1 fully saturated rings. The number of methoxy groups -OCH3 is 2. The monoisotopic (exact) mass is 521 g/mol. The van der Waals surface area contributed by atoms with Crippen molar-refractivity contribution in [3.8, 4) is 11.5 Å². The Morgan fingerprint density at radius 3 is 2.72 bits per heavy atom. The summed E-state index contributed by atoms with van der Waals surface area (Å²) in [5.74, 6) is 3.00. The number of nitrogens with zero attached hydrogens (tertiary/aromatic N) is 2. The molecule has 7 nitrogen and oxygen atoms in total. The molecule has 1 aromatic carbocycles. The molecular weight excluding hydrogens is 485 g/mol. The number of nitrogens with one attached hydrogen (secondary N) is 1. The van der Waals surface area contributed by atoms with Crippen molar-refractivity contribution in [2.24, 2.45) is 10.9 Å². The molecule has 1 N–H and O–H groups in total. The number of aliphatic imine (C=N–C) groups is 1. The van der Waals surface area contributed by atoms with Crippen LogP contribution in [0.2, 0.25) is 0 Å². The molecule has 1 unspecified atom stereocenters. The molecule has 166 valence electrons. The number of guanidine groups is 1. The minimum Gasteiger partial charge on any atom is -0.493 e. The number of benzene rings is 1. The lowest BCUT2D eigenvalue weighted by Crippen LogP contribution is -2.40. The summed E-state index contributed by atoms with van der Waals surface area (Å²) in [6.07, 6.45) is 1.12. The first-order chi connectivity index (χ1) is 13.7. The predicted octanol–water partition coefficient (Wildman–Crippen LogP) is 3.16. The highest BCUT2D eigenvalue weighted by atomic mass is 127. The van der Waals surface area contributed by atoms with E-state index in [4.69, 9.17) is 23.9 Å². The van der Waals surface area contributed by atoms with Gasteiger partial charge in [-0.15, -0.1) is 24.0 Å². The molecule has 0 spiro atoms. The Morgan fingerprint density at radius 1 is 1.21 bits per heavy atom. The Morgan fingerprint density at radius 2 is 2.03 bits per heavy atom. The molecule has 0 bridgehead atoms. The standard InChI is InChI=1S/C21H35N3O4.HI/c1-5-22-21(24-10-9-18(15-24)16-27-12-11-25-3)23-14-17-7-8-19(28-6-2)20(13-17)26-4;/h7-8,13,18H,5-6,9-12,14-16H2,1-4H3,(H,22,23);1H. The topological polar surface area (TPSA) is 64.6 Å². The van der Waals surface area contributed by atoms with Gasteiger partial charge in [-0.25, -0.2) is 4.99 Å². The highest BCUT2D eigenvalue weighted by Gasteiger charge is 2.25. The lowest BCUT2D eigenvalue weighted by atomic mass is 10.1. The lowest BCUT2D eigenvalue weighted by Gasteiger charge is -2.22. The smallest absolute Gasteiger partial charge is 0.194 e. The van der Waals surface area contributed by atoms with Crippen LogP contribution in [0.15, 0.2) is 23.2 Å². The second kappa shape index (κ2) is 14.7. The van der Waals surface area contributed by atoms with Crippen molar-refractivity contribution in [1.82, 2.24) is 10.2 Å². The van der Waals surface area contributed by atoms with Gasteiger partial charge in [0.25, 0.3) is 0 Å². The van der Waals surface area contributed by atoms with Crippen molar-refractivity contribution in [1.29, 1.82) is 0 Å². The fourth-order valence-corrected chi connectivity index (χ4v) is 3.23. The summed E-state index contributed by atoms with van der Waals surface area (Å²) in [4.78, 5) is 7.15. The van der Waals surface area contributed by atoms with E-state index < -0.39 is 0 Å². The molecule has 0 amide bonds. The van der Waals surface area contributed by atoms with Crippen molar-refractivity contribution in [2.75, 3.05) is 60.3 Å². The number of hydrogen-bond donors (Lipinski definition) is 1. The molecule has 8 heteroatoms. The highest BCUT2D eigenvalue weighted by Crippen LogP contribution is 2.28. The molecule has 1 aromatic rings. The van der Waals surface area contributed by atoms with Gasteiger partial charge in [0.1, 0.15) is 0 Å². The zero-order chi connectivity index (χ0) is 20.2. The normalized spacial score (nSPS) is 16.5. The molecule has 0 radical (unpaired) electrons. The molecular formula is C21H36IN3O4. The summed E-state index contributed by atoms with van der Waals surface area (Å²) in [5, 5.41) is 3.41. The van der Waals surface area contributed by atoms with E-state index >= 15 is 0 Å². The summed E-state index contributed by atoms with van der Waals surface area (Å²) in [6.45, 7) is 10.1. The fourth-order valence-electron chi connectivity index (χ4n) is 3.23. The van der Waals surface area contributed by atoms with Crippen molar-refractivity contribution < 1.29 is 18.9 Å². The number of likely N-dealkylation sites (tertiary alicyclic amines) is 1. The van der Waals surface area contributed by atoms with E-state index in [2.05, 4.69) is 17.1 Å². The van der Waals surface area contributed by atoms with E-state index in [1.807, 2.05) is 25.1 Å². The van der Waals surface area contributed by atoms with Gasteiger partial charge in [0.15, 0.2) is 17.5 Å². The Labute approximate surface area is 192 Å². The molecule has 1 aliphatic heterocycles. The van der Waals surface area contributed by atoms with Crippen LogP contribution in [0.5, 0.6) is 11.5 Å². The second-order valence-corrected chi connectivity index (χ2v) is 6.76. The molecule has 0 aromatic heterocycles. The van der Waals surface area contributed by atoms with Crippen LogP contribution in [0.4, 0.5) is 0 Å². The second-order valence-electron chi connectivity index (χ2n) is 6.76. The van der Waals surface area contributed by atoms with Crippen molar-refractivity contribution >= 4 is 29.9 Å². The quantitative estimate of drug-likeness (QED) is 0.209. The van der Waals surface area contributed by atoms with Gasteiger partial charge in [0.2, 0.25) is 0 Å². The Bertz CT molecular complexity index is 616. The third-order valence-corrected chi connectivity index (χ3v) is 4.64. The minimum absolute atomic E-state index is 0. The summed E-state index contributed by atoms with van der Waals surface area (Å²) >= 11 is 0. The van der Waals surface area contributed by atoms with E-state index in [9.17, 15) is 0 Å². The van der Waals surface area contributed by atoms with Crippen molar-refractivity contribution in [3.63, 3.8) is 0 Å². The van der Waals surface area contributed by atoms with E-state index in [1.54, 1.807) is 14.2 Å². The molecule has 0 saturated carbocycles. The van der Waals surface area contributed by atoms with Crippen LogP contribution in [0.1, 0.15) is 25.8 Å². The van der Waals surface area contributed by atoms with Crippen LogP contribution in [0.3, 0.4) is 0 Å². The summed E-state index contributed by atoms with van der Waals surface area (Å²) in [5.41, 5.74) is 1.09. The van der Waals surface area contributed by atoms with E-state index in [-0.39, 0.29) is 24.0 Å². The maximum absolute atomic E-state index is 5.69. The van der Waals surface area contributed by atoms with Gasteiger partial charge in [-0.2, -0.15) is 0 Å². The van der Waals surface area contributed by atoms with E-state index in [0.717, 1.165) is 55.7 Å². The van der Waals surface area contributed by atoms with Crippen molar-refractivity contribution in [2.45, 2.75) is 26.8 Å². The van der Waals surface area contributed by atoms with Gasteiger partial charge in [-0.3, -0.25) is 0 Å². The summed E-state index contributed by atoms with van der Waals surface area (Å²) in [6, 6.07) is 5.98. The Balaban J connectivity index is 0.00000420. The van der Waals surface area contributed by atoms with Crippen molar-refractivity contribution in [3.05, 3.63) is 23.8 Å². The van der Waals surface area contributed by atoms with Crippen LogP contribution in [-0.4, -0.2) is 71.1 Å². The largest absolute Gasteiger partial charge is 0.493 e. The number of rotatable bonds is 11. The maximum Gasteiger partial charge on any atom is 0.194 e. The van der Waals surface area contributed by atoms with Crippen LogP contribution in [0, 0.1) is 5.92 Å². The van der Waals surface area contributed by atoms with Crippen LogP contribution >= 0.6 is 24.0 Å². The molecule has 29 heavy (non-hydrogen) atoms. The molecule has 2 rings (SSSR count). The zero-order valence-electron chi connectivity index (χ0n) is 18.1. The molecule has 0 aliphatic carbocycles. The number of halogens is 1. The lowest BCUT2D eigenvalue weighted by molar-refractivity contribution is 0.0536. The Hall–Kier alpha value is -1.26. The zero-order valence-corrected chi connectivity index (χ0v) is 20.4. The summed E-state index contributed by atoms with van der Waals surface area (Å²) in [7, 11) is 3.35. The van der Waals surface area contributed by atoms with Gasteiger partial charge >= 0.3 is 0 Å². The first-order valence-electron chi connectivity index (χ1n) is 10.1.